The summed E-state index contributed by atoms with van der Waals surface area (Å²) >= 11 is 0. The van der Waals surface area contributed by atoms with Crippen LogP contribution < -0.4 is 9.47 Å². The van der Waals surface area contributed by atoms with Crippen LogP contribution in [0.25, 0.3) is 22.2 Å². The predicted molar refractivity (Wildman–Crippen MR) is 175 cm³/mol. The van der Waals surface area contributed by atoms with Crippen molar-refractivity contribution in [3.8, 4) is 22.9 Å². The third-order valence-electron chi connectivity index (χ3n) is 7.60. The molecule has 0 spiro atoms. The summed E-state index contributed by atoms with van der Waals surface area (Å²) in [4.78, 5) is 42.8. The van der Waals surface area contributed by atoms with Gasteiger partial charge in [0.15, 0.2) is 5.52 Å². The lowest BCUT2D eigenvalue weighted by Crippen LogP contribution is -2.14. The van der Waals surface area contributed by atoms with Gasteiger partial charge in [-0.1, -0.05) is 92.2 Å². The first kappa shape index (κ1) is 30.8. The van der Waals surface area contributed by atoms with E-state index in [1.54, 1.807) is 84.9 Å². The molecule has 0 atom stereocenters. The van der Waals surface area contributed by atoms with E-state index >= 15 is 0 Å². The summed E-state index contributed by atoms with van der Waals surface area (Å²) in [5.74, 6) is -1.76. The number of carboxylic acid groups (broad SMARTS) is 1. The van der Waals surface area contributed by atoms with Crippen molar-refractivity contribution in [2.75, 3.05) is 0 Å². The molecular weight excluding hydrogens is 596 g/mol. The van der Waals surface area contributed by atoms with Gasteiger partial charge in [-0.2, -0.15) is 0 Å². The summed E-state index contributed by atoms with van der Waals surface area (Å²) in [5.41, 5.74) is 3.70. The van der Waals surface area contributed by atoms with E-state index in [0.717, 1.165) is 24.0 Å². The zero-order valence-electron chi connectivity index (χ0n) is 25.5. The Bertz CT molecular complexity index is 2060. The first-order chi connectivity index (χ1) is 22.9. The fraction of sp³-hybridized carbons (Fsp3) is 0.135. The van der Waals surface area contributed by atoms with Crippen molar-refractivity contribution in [3.63, 3.8) is 0 Å². The Morgan fingerprint density at radius 3 is 1.91 bits per heavy atom. The molecule has 0 amide bonds. The number of fused-ring (bicyclic) bond motifs is 1. The van der Waals surface area contributed by atoms with Gasteiger partial charge in [-0.25, -0.2) is 19.4 Å². The van der Waals surface area contributed by atoms with Crippen LogP contribution in [-0.2, 0) is 13.0 Å². The number of esters is 2. The predicted octanol–water partition coefficient (Wildman–Crippen LogP) is 7.02. The molecule has 10 heteroatoms. The highest BCUT2D eigenvalue weighted by atomic mass is 16.6. The Morgan fingerprint density at radius 2 is 1.30 bits per heavy atom. The number of benzene rings is 4. The molecule has 0 bridgehead atoms. The van der Waals surface area contributed by atoms with Crippen molar-refractivity contribution in [1.29, 1.82) is 0 Å². The van der Waals surface area contributed by atoms with E-state index in [9.17, 15) is 19.5 Å². The molecule has 2 heterocycles. The SMILES string of the molecule is CCCCc1nc2c(OC(=O)c3ccccc3)nnc(OC(=O)c3ccccc3)c2n1Cc1ccc(-c2ccccc2C(=O)O)cc1. The van der Waals surface area contributed by atoms with Crippen molar-refractivity contribution in [2.24, 2.45) is 0 Å². The maximum absolute atomic E-state index is 13.2. The highest BCUT2D eigenvalue weighted by Crippen LogP contribution is 2.33. The number of nitrogens with zero attached hydrogens (tertiary/aromatic N) is 4. The minimum Gasteiger partial charge on any atom is -0.478 e. The van der Waals surface area contributed by atoms with Gasteiger partial charge in [0.05, 0.1) is 16.7 Å². The van der Waals surface area contributed by atoms with Gasteiger partial charge in [-0.3, -0.25) is 0 Å². The van der Waals surface area contributed by atoms with E-state index < -0.39 is 17.9 Å². The number of unbranched alkanes of at least 4 members (excludes halogenated alkanes) is 1. The van der Waals surface area contributed by atoms with Crippen LogP contribution in [0.15, 0.2) is 109 Å². The Morgan fingerprint density at radius 1 is 0.723 bits per heavy atom. The molecule has 0 fully saturated rings. The molecule has 0 aliphatic rings. The second-order valence-corrected chi connectivity index (χ2v) is 10.8. The number of aromatic nitrogens is 4. The summed E-state index contributed by atoms with van der Waals surface area (Å²) < 4.78 is 13.4. The Kier molecular flexibility index (Phi) is 9.10. The largest absolute Gasteiger partial charge is 0.478 e. The number of carbonyl (C=O) groups excluding carboxylic acids is 2. The average Bonchev–Trinajstić information content (AvgIpc) is 3.47. The summed E-state index contributed by atoms with van der Waals surface area (Å²) in [5, 5.41) is 18.0. The third-order valence-corrected chi connectivity index (χ3v) is 7.60. The third kappa shape index (κ3) is 6.76. The molecule has 0 saturated carbocycles. The quantitative estimate of drug-likeness (QED) is 0.151. The minimum atomic E-state index is -1.00. The normalized spacial score (nSPS) is 10.9. The topological polar surface area (TPSA) is 134 Å². The van der Waals surface area contributed by atoms with Crippen molar-refractivity contribution in [3.05, 3.63) is 137 Å². The van der Waals surface area contributed by atoms with Crippen LogP contribution in [0.2, 0.25) is 0 Å². The number of hydrogen-bond donors (Lipinski definition) is 1. The molecule has 2 aromatic heterocycles. The Hall–Kier alpha value is -6.16. The van der Waals surface area contributed by atoms with Crippen molar-refractivity contribution < 1.29 is 29.0 Å². The van der Waals surface area contributed by atoms with E-state index in [1.165, 1.54) is 0 Å². The standard InChI is InChI=1S/C37H30N4O6/c1-2-3-18-30-38-31-32(41(30)23-24-19-21-25(22-20-24)28-16-10-11-17-29(28)35(42)43)34(47-37(45)27-14-8-5-9-15-27)40-39-33(31)46-36(44)26-12-6-4-7-13-26/h4-17,19-22H,2-3,18,23H2,1H3,(H,42,43). The smallest absolute Gasteiger partial charge is 0.344 e. The highest BCUT2D eigenvalue weighted by molar-refractivity contribution is 5.97. The second kappa shape index (κ2) is 13.9. The summed E-state index contributed by atoms with van der Waals surface area (Å²) in [6.07, 6.45) is 2.32. The fourth-order valence-corrected chi connectivity index (χ4v) is 5.22. The number of aromatic carboxylic acids is 1. The van der Waals surface area contributed by atoms with Gasteiger partial charge < -0.3 is 19.1 Å². The average molecular weight is 627 g/mol. The van der Waals surface area contributed by atoms with E-state index in [2.05, 4.69) is 17.1 Å². The summed E-state index contributed by atoms with van der Waals surface area (Å²) in [6, 6.07) is 31.4. The number of carboxylic acids is 1. The number of hydrogen-bond acceptors (Lipinski definition) is 8. The van der Waals surface area contributed by atoms with Crippen LogP contribution in [0.3, 0.4) is 0 Å². The van der Waals surface area contributed by atoms with Crippen LogP contribution in [0.5, 0.6) is 11.8 Å². The van der Waals surface area contributed by atoms with Gasteiger partial charge in [0, 0.05) is 13.0 Å². The number of aryl methyl sites for hydroxylation is 1. The molecule has 234 valence electrons. The van der Waals surface area contributed by atoms with E-state index in [1.807, 2.05) is 28.8 Å². The number of ether oxygens (including phenoxy) is 2. The molecule has 10 nitrogen and oxygen atoms in total. The summed E-state index contributed by atoms with van der Waals surface area (Å²) in [7, 11) is 0. The molecule has 6 rings (SSSR count). The highest BCUT2D eigenvalue weighted by Gasteiger charge is 2.25. The molecule has 47 heavy (non-hydrogen) atoms. The van der Waals surface area contributed by atoms with Crippen molar-refractivity contribution >= 4 is 28.9 Å². The maximum atomic E-state index is 13.2. The zero-order chi connectivity index (χ0) is 32.8. The molecule has 0 unspecified atom stereocenters. The molecule has 6 aromatic rings. The molecule has 1 N–H and O–H groups in total. The molecule has 4 aromatic carbocycles. The van der Waals surface area contributed by atoms with Crippen LogP contribution in [-0.4, -0.2) is 42.8 Å². The number of carbonyl (C=O) groups is 3. The molecule has 0 aliphatic heterocycles. The van der Waals surface area contributed by atoms with Crippen LogP contribution in [0, 0.1) is 0 Å². The van der Waals surface area contributed by atoms with Gasteiger partial charge >= 0.3 is 17.9 Å². The fourth-order valence-electron chi connectivity index (χ4n) is 5.22. The maximum Gasteiger partial charge on any atom is 0.344 e. The first-order valence-corrected chi connectivity index (χ1v) is 15.1. The molecular formula is C37H30N4O6. The lowest BCUT2D eigenvalue weighted by molar-refractivity contribution is 0.0694. The summed E-state index contributed by atoms with van der Waals surface area (Å²) in [6.45, 7) is 2.38. The van der Waals surface area contributed by atoms with Gasteiger partial charge in [-0.05, 0) is 53.4 Å². The monoisotopic (exact) mass is 626 g/mol. The van der Waals surface area contributed by atoms with Crippen molar-refractivity contribution in [1.82, 2.24) is 19.7 Å². The lowest BCUT2D eigenvalue weighted by Gasteiger charge is -2.13. The zero-order valence-corrected chi connectivity index (χ0v) is 25.5. The van der Waals surface area contributed by atoms with Crippen LogP contribution in [0.4, 0.5) is 0 Å². The number of rotatable bonds is 11. The van der Waals surface area contributed by atoms with Gasteiger partial charge in [0.1, 0.15) is 11.3 Å². The number of imidazole rings is 1. The Balaban J connectivity index is 1.43. The Labute approximate surface area is 270 Å². The van der Waals surface area contributed by atoms with E-state index in [-0.39, 0.29) is 22.8 Å². The molecule has 0 saturated heterocycles. The van der Waals surface area contributed by atoms with E-state index in [4.69, 9.17) is 14.5 Å². The van der Waals surface area contributed by atoms with Crippen molar-refractivity contribution in [2.45, 2.75) is 32.7 Å². The minimum absolute atomic E-state index is 0.0735. The van der Waals surface area contributed by atoms with Crippen LogP contribution >= 0.6 is 0 Å². The van der Waals surface area contributed by atoms with E-state index in [0.29, 0.717) is 41.0 Å². The van der Waals surface area contributed by atoms with Gasteiger partial charge in [-0.15, -0.1) is 10.2 Å². The van der Waals surface area contributed by atoms with Gasteiger partial charge in [0.2, 0.25) is 0 Å². The van der Waals surface area contributed by atoms with Crippen LogP contribution in [0.1, 0.15) is 62.2 Å². The van der Waals surface area contributed by atoms with Gasteiger partial charge in [0.25, 0.3) is 11.8 Å². The molecule has 0 aliphatic carbocycles. The lowest BCUT2D eigenvalue weighted by atomic mass is 9.99. The molecule has 0 radical (unpaired) electrons. The second-order valence-electron chi connectivity index (χ2n) is 10.8. The first-order valence-electron chi connectivity index (χ1n) is 15.1.